The minimum Gasteiger partial charge on any atom is -0.492 e. The monoisotopic (exact) mass is 442 g/mol. The number of ether oxygens (including phenoxy) is 1. The molecule has 0 aliphatic heterocycles. The number of rotatable bonds is 7. The third-order valence-corrected chi connectivity index (χ3v) is 5.42. The third kappa shape index (κ3) is 4.90. The summed E-state index contributed by atoms with van der Waals surface area (Å²) in [6.07, 6.45) is 5.01. The van der Waals surface area contributed by atoms with Gasteiger partial charge in [0.15, 0.2) is 0 Å². The average molecular weight is 443 g/mol. The second-order valence-electron chi connectivity index (χ2n) is 7.73. The fourth-order valence-corrected chi connectivity index (χ4v) is 3.58. The summed E-state index contributed by atoms with van der Waals surface area (Å²) in [6, 6.07) is 12.5. The smallest absolute Gasteiger partial charge is 0.254 e. The molecule has 0 bridgehead atoms. The predicted octanol–water partition coefficient (Wildman–Crippen LogP) is 4.11. The number of carbonyl (C=O) groups excluding carboxylic acids is 1. The fraction of sp³-hybridized carbons (Fsp3) is 0.240. The second-order valence-corrected chi connectivity index (χ2v) is 7.73. The Morgan fingerprint density at radius 3 is 2.61 bits per heavy atom. The molecular weight excluding hydrogens is 416 g/mol. The van der Waals surface area contributed by atoms with E-state index in [0.29, 0.717) is 36.1 Å². The maximum Gasteiger partial charge on any atom is 0.254 e. The van der Waals surface area contributed by atoms with Gasteiger partial charge in [-0.2, -0.15) is 0 Å². The van der Waals surface area contributed by atoms with E-state index in [9.17, 15) is 4.79 Å². The fourth-order valence-electron chi connectivity index (χ4n) is 3.58. The highest BCUT2D eigenvalue weighted by Crippen LogP contribution is 2.25. The first-order valence-corrected chi connectivity index (χ1v) is 10.8. The Morgan fingerprint density at radius 2 is 1.91 bits per heavy atom. The lowest BCUT2D eigenvalue weighted by Gasteiger charge is -2.28. The van der Waals surface area contributed by atoms with Crippen LogP contribution in [0.1, 0.15) is 47.3 Å². The van der Waals surface area contributed by atoms with Crippen LogP contribution in [0, 0.1) is 6.92 Å². The van der Waals surface area contributed by atoms with E-state index < -0.39 is 0 Å². The van der Waals surface area contributed by atoms with Crippen molar-refractivity contribution in [3.05, 3.63) is 83.7 Å². The van der Waals surface area contributed by atoms with Crippen molar-refractivity contribution in [3.63, 3.8) is 0 Å². The van der Waals surface area contributed by atoms with Crippen LogP contribution in [0.3, 0.4) is 0 Å². The first-order chi connectivity index (χ1) is 16.0. The zero-order valence-corrected chi connectivity index (χ0v) is 18.9. The molecular formula is C25H26N6O2. The molecule has 1 atom stereocenters. The van der Waals surface area contributed by atoms with Gasteiger partial charge < -0.3 is 15.4 Å². The van der Waals surface area contributed by atoms with Gasteiger partial charge in [0.1, 0.15) is 17.4 Å². The van der Waals surface area contributed by atoms with Crippen LogP contribution < -0.4 is 10.5 Å². The van der Waals surface area contributed by atoms with E-state index in [1.807, 2.05) is 51.1 Å². The van der Waals surface area contributed by atoms with Crippen LogP contribution in [0.4, 0.5) is 5.82 Å². The van der Waals surface area contributed by atoms with E-state index in [-0.39, 0.29) is 11.9 Å². The number of hydrogen-bond acceptors (Lipinski definition) is 7. The molecule has 0 fully saturated rings. The Morgan fingerprint density at radius 1 is 1.12 bits per heavy atom. The number of nitrogens with zero attached hydrogens (tertiary/aromatic N) is 5. The number of hydrogen-bond donors (Lipinski definition) is 1. The lowest BCUT2D eigenvalue weighted by molar-refractivity contribution is 0.0663. The molecule has 0 radical (unpaired) electrons. The van der Waals surface area contributed by atoms with E-state index >= 15 is 0 Å². The largest absolute Gasteiger partial charge is 0.492 e. The minimum atomic E-state index is -0.367. The summed E-state index contributed by atoms with van der Waals surface area (Å²) in [5.74, 6) is 1.58. The molecule has 0 saturated heterocycles. The van der Waals surface area contributed by atoms with Gasteiger partial charge >= 0.3 is 0 Å². The van der Waals surface area contributed by atoms with Crippen LogP contribution in [-0.4, -0.2) is 37.3 Å². The summed E-state index contributed by atoms with van der Waals surface area (Å²) in [5.41, 5.74) is 8.83. The van der Waals surface area contributed by atoms with Gasteiger partial charge in [-0.3, -0.25) is 9.78 Å². The lowest BCUT2D eigenvalue weighted by Crippen LogP contribution is -2.34. The van der Waals surface area contributed by atoms with E-state index in [1.54, 1.807) is 35.6 Å². The number of fused-ring (bicyclic) bond motifs is 1. The Bertz CT molecular complexity index is 1260. The Labute approximate surface area is 192 Å². The molecule has 4 aromatic rings. The molecule has 8 heteroatoms. The predicted molar refractivity (Wildman–Crippen MR) is 127 cm³/mol. The van der Waals surface area contributed by atoms with Gasteiger partial charge in [0.05, 0.1) is 36.6 Å². The highest BCUT2D eigenvalue weighted by atomic mass is 16.5. The highest BCUT2D eigenvalue weighted by molar-refractivity contribution is 5.98. The summed E-state index contributed by atoms with van der Waals surface area (Å²) in [4.78, 5) is 33.0. The number of aryl methyl sites for hydroxylation is 1. The maximum atomic E-state index is 13.7. The summed E-state index contributed by atoms with van der Waals surface area (Å²) in [7, 11) is 0. The van der Waals surface area contributed by atoms with Gasteiger partial charge in [-0.1, -0.05) is 0 Å². The lowest BCUT2D eigenvalue weighted by atomic mass is 10.1. The first kappa shape index (κ1) is 22.1. The quantitative estimate of drug-likeness (QED) is 0.459. The number of pyridine rings is 2. The van der Waals surface area contributed by atoms with Crippen LogP contribution in [0.15, 0.2) is 61.1 Å². The number of carbonyl (C=O) groups is 1. The van der Waals surface area contributed by atoms with Gasteiger partial charge in [0.2, 0.25) is 0 Å². The van der Waals surface area contributed by atoms with Crippen LogP contribution in [0.5, 0.6) is 5.75 Å². The van der Waals surface area contributed by atoms with Crippen molar-refractivity contribution < 1.29 is 9.53 Å². The third-order valence-electron chi connectivity index (χ3n) is 5.42. The minimum absolute atomic E-state index is 0.151. The number of aromatic nitrogens is 4. The SMILES string of the molecule is CCOc1ccc(CN(C(=O)c2ccc3nc(N)c(C)cc3c2)C(C)c2ncccn2)nc1. The molecule has 1 unspecified atom stereocenters. The summed E-state index contributed by atoms with van der Waals surface area (Å²) in [5, 5.41) is 0.857. The first-order valence-electron chi connectivity index (χ1n) is 10.8. The number of amides is 1. The molecule has 0 aliphatic carbocycles. The molecule has 8 nitrogen and oxygen atoms in total. The van der Waals surface area contributed by atoms with Crippen LogP contribution in [-0.2, 0) is 6.54 Å². The van der Waals surface area contributed by atoms with E-state index in [0.717, 1.165) is 22.2 Å². The van der Waals surface area contributed by atoms with Crippen LogP contribution >= 0.6 is 0 Å². The molecule has 1 aromatic carbocycles. The molecule has 0 aliphatic rings. The van der Waals surface area contributed by atoms with Crippen molar-refractivity contribution in [2.24, 2.45) is 0 Å². The summed E-state index contributed by atoms with van der Waals surface area (Å²) < 4.78 is 5.48. The van der Waals surface area contributed by atoms with E-state index in [1.165, 1.54) is 0 Å². The molecule has 33 heavy (non-hydrogen) atoms. The second kappa shape index (κ2) is 9.60. The molecule has 2 N–H and O–H groups in total. The van der Waals surface area contributed by atoms with Gasteiger partial charge in [-0.25, -0.2) is 15.0 Å². The maximum absolute atomic E-state index is 13.7. The van der Waals surface area contributed by atoms with Crippen LogP contribution in [0.2, 0.25) is 0 Å². The van der Waals surface area contributed by atoms with Crippen molar-refractivity contribution >= 4 is 22.6 Å². The van der Waals surface area contributed by atoms with Crippen molar-refractivity contribution in [1.82, 2.24) is 24.8 Å². The number of benzene rings is 1. The Balaban J connectivity index is 1.69. The zero-order valence-electron chi connectivity index (χ0n) is 18.9. The van der Waals surface area contributed by atoms with Crippen molar-refractivity contribution in [2.75, 3.05) is 12.3 Å². The Kier molecular flexibility index (Phi) is 6.44. The molecule has 1 amide bonds. The normalized spacial score (nSPS) is 11.8. The van der Waals surface area contributed by atoms with Crippen molar-refractivity contribution in [3.8, 4) is 5.75 Å². The molecule has 4 rings (SSSR count). The van der Waals surface area contributed by atoms with Gasteiger partial charge in [-0.15, -0.1) is 0 Å². The molecule has 3 heterocycles. The number of anilines is 1. The number of nitrogen functional groups attached to an aromatic ring is 1. The van der Waals surface area contributed by atoms with Crippen molar-refractivity contribution in [1.29, 1.82) is 0 Å². The molecule has 168 valence electrons. The zero-order chi connectivity index (χ0) is 23.4. The summed E-state index contributed by atoms with van der Waals surface area (Å²) >= 11 is 0. The molecule has 0 spiro atoms. The van der Waals surface area contributed by atoms with E-state index in [4.69, 9.17) is 10.5 Å². The van der Waals surface area contributed by atoms with Crippen LogP contribution in [0.25, 0.3) is 10.9 Å². The van der Waals surface area contributed by atoms with Gasteiger partial charge in [0, 0.05) is 23.3 Å². The number of nitrogens with two attached hydrogens (primary N) is 1. The van der Waals surface area contributed by atoms with Gasteiger partial charge in [0.25, 0.3) is 5.91 Å². The molecule has 0 saturated carbocycles. The topological polar surface area (TPSA) is 107 Å². The standard InChI is InChI=1S/C25H26N6O2/c1-4-33-21-8-7-20(29-14-21)15-31(17(3)24-27-10-5-11-28-24)25(32)18-6-9-22-19(13-18)12-16(2)23(26)30-22/h5-14,17H,4,15H2,1-3H3,(H2,26,30). The van der Waals surface area contributed by atoms with Gasteiger partial charge in [-0.05, 0) is 68.8 Å². The molecule has 3 aromatic heterocycles. The average Bonchev–Trinajstić information content (AvgIpc) is 2.84. The van der Waals surface area contributed by atoms with E-state index in [2.05, 4.69) is 19.9 Å². The highest BCUT2D eigenvalue weighted by Gasteiger charge is 2.25. The Hall–Kier alpha value is -4.07. The van der Waals surface area contributed by atoms with Crippen molar-refractivity contribution in [2.45, 2.75) is 33.4 Å². The summed E-state index contributed by atoms with van der Waals surface area (Å²) in [6.45, 7) is 6.59.